The van der Waals surface area contributed by atoms with Gasteiger partial charge >= 0.3 is 0 Å². The van der Waals surface area contributed by atoms with Crippen molar-refractivity contribution < 1.29 is 4.79 Å². The van der Waals surface area contributed by atoms with Crippen LogP contribution >= 0.6 is 35.8 Å². The second-order valence-corrected chi connectivity index (χ2v) is 7.15. The number of hydrogen-bond acceptors (Lipinski definition) is 6. The Kier molecular flexibility index (Phi) is 6.63. The number of nitrogens with two attached hydrogens (primary N) is 1. The normalized spacial score (nSPS) is 10.4. The molecule has 0 saturated heterocycles. The average Bonchev–Trinajstić information content (AvgIpc) is 2.55. The molecule has 3 rings (SSSR count). The van der Waals surface area contributed by atoms with Crippen molar-refractivity contribution >= 4 is 64.0 Å². The zero-order chi connectivity index (χ0) is 18.0. The smallest absolute Gasteiger partial charge is 0.271 e. The van der Waals surface area contributed by atoms with E-state index in [1.54, 1.807) is 24.0 Å². The van der Waals surface area contributed by atoms with Crippen molar-refractivity contribution in [2.75, 3.05) is 11.1 Å². The molecule has 0 saturated carbocycles. The highest BCUT2D eigenvalue weighted by molar-refractivity contribution is 7.99. The summed E-state index contributed by atoms with van der Waals surface area (Å²) in [5, 5.41) is 12.6. The van der Waals surface area contributed by atoms with Crippen molar-refractivity contribution in [1.29, 1.82) is 0 Å². The molecule has 0 fully saturated rings. The summed E-state index contributed by atoms with van der Waals surface area (Å²) < 4.78 is 0. The first-order valence-electron chi connectivity index (χ1n) is 7.60. The third-order valence-electron chi connectivity index (χ3n) is 3.55. The molecule has 1 aromatic carbocycles. The molecule has 0 unspecified atom stereocenters. The van der Waals surface area contributed by atoms with E-state index in [0.717, 1.165) is 21.6 Å². The number of anilines is 2. The Morgan fingerprint density at radius 2 is 2.04 bits per heavy atom. The first-order chi connectivity index (χ1) is 12.0. The molecule has 0 radical (unpaired) electrons. The van der Waals surface area contributed by atoms with Gasteiger partial charge in [0.25, 0.3) is 5.91 Å². The molecule has 0 aliphatic rings. The number of carbonyl (C=O) groups excluding carboxylic acids is 1. The number of primary amides is 1. The number of aryl methyl sites for hydroxylation is 1. The third kappa shape index (κ3) is 4.17. The number of amides is 1. The van der Waals surface area contributed by atoms with Gasteiger partial charge in [0.1, 0.15) is 0 Å². The number of carbonyl (C=O) groups is 1. The van der Waals surface area contributed by atoms with Gasteiger partial charge in [0.2, 0.25) is 0 Å². The molecule has 2 heterocycles. The molecular formula is C17H17Cl2N5OS. The van der Waals surface area contributed by atoms with E-state index in [9.17, 15) is 4.79 Å². The molecule has 2 aromatic heterocycles. The van der Waals surface area contributed by atoms with Gasteiger partial charge in [-0.3, -0.25) is 9.78 Å². The zero-order valence-electron chi connectivity index (χ0n) is 14.1. The van der Waals surface area contributed by atoms with E-state index in [1.807, 2.05) is 13.0 Å². The highest BCUT2D eigenvalue weighted by atomic mass is 35.5. The van der Waals surface area contributed by atoms with Crippen LogP contribution in [0.4, 0.5) is 11.4 Å². The summed E-state index contributed by atoms with van der Waals surface area (Å²) in [6.07, 6.45) is 3.14. The summed E-state index contributed by atoms with van der Waals surface area (Å²) in [6, 6.07) is 5.75. The van der Waals surface area contributed by atoms with Gasteiger partial charge < -0.3 is 11.1 Å². The molecule has 3 N–H and O–H groups in total. The first kappa shape index (κ1) is 20.2. The van der Waals surface area contributed by atoms with Crippen molar-refractivity contribution in [2.45, 2.75) is 18.7 Å². The van der Waals surface area contributed by atoms with E-state index in [1.165, 1.54) is 6.20 Å². The quantitative estimate of drug-likeness (QED) is 0.607. The van der Waals surface area contributed by atoms with E-state index < -0.39 is 5.91 Å². The standard InChI is InChI=1S/C17H16ClN5OS.ClH/c1-3-25-12-4-9(2)14-13(6-12)15(16(17(19)24)23-22-14)21-11-5-10(18)7-20-8-11;/h4-8H,3H2,1-2H3,(H2,19,24)(H,21,22);1H. The van der Waals surface area contributed by atoms with Crippen LogP contribution in [-0.2, 0) is 0 Å². The van der Waals surface area contributed by atoms with Crippen LogP contribution in [0, 0.1) is 6.92 Å². The van der Waals surface area contributed by atoms with Gasteiger partial charge in [-0.05, 0) is 36.4 Å². The Balaban J connectivity index is 0.00000243. The molecule has 26 heavy (non-hydrogen) atoms. The van der Waals surface area contributed by atoms with Crippen LogP contribution in [0.25, 0.3) is 10.9 Å². The maximum atomic E-state index is 11.9. The summed E-state index contributed by atoms with van der Waals surface area (Å²) in [4.78, 5) is 17.0. The summed E-state index contributed by atoms with van der Waals surface area (Å²) in [5.41, 5.74) is 8.40. The molecule has 1 amide bonds. The van der Waals surface area contributed by atoms with E-state index in [-0.39, 0.29) is 18.1 Å². The Labute approximate surface area is 166 Å². The topological polar surface area (TPSA) is 93.8 Å². The molecule has 0 aliphatic heterocycles. The van der Waals surface area contributed by atoms with E-state index in [0.29, 0.717) is 21.9 Å². The fourth-order valence-corrected chi connectivity index (χ4v) is 3.49. The molecule has 9 heteroatoms. The Morgan fingerprint density at radius 3 is 2.69 bits per heavy atom. The number of thioether (sulfide) groups is 1. The second kappa shape index (κ2) is 8.53. The summed E-state index contributed by atoms with van der Waals surface area (Å²) in [5.74, 6) is 0.283. The Hall–Kier alpha value is -2.09. The number of aromatic nitrogens is 3. The van der Waals surface area contributed by atoms with Crippen LogP contribution in [-0.4, -0.2) is 26.8 Å². The molecule has 0 atom stereocenters. The van der Waals surface area contributed by atoms with Gasteiger partial charge in [0.15, 0.2) is 5.69 Å². The van der Waals surface area contributed by atoms with Crippen molar-refractivity contribution in [3.63, 3.8) is 0 Å². The van der Waals surface area contributed by atoms with Crippen molar-refractivity contribution in [1.82, 2.24) is 15.2 Å². The lowest BCUT2D eigenvalue weighted by Gasteiger charge is -2.14. The lowest BCUT2D eigenvalue weighted by Crippen LogP contribution is -2.17. The van der Waals surface area contributed by atoms with Crippen LogP contribution in [0.1, 0.15) is 23.0 Å². The van der Waals surface area contributed by atoms with Crippen LogP contribution in [0.15, 0.2) is 35.5 Å². The predicted octanol–water partition coefficient (Wildman–Crippen LogP) is 4.36. The van der Waals surface area contributed by atoms with Crippen LogP contribution < -0.4 is 11.1 Å². The molecule has 136 valence electrons. The number of nitrogens with zero attached hydrogens (tertiary/aromatic N) is 3. The second-order valence-electron chi connectivity index (χ2n) is 5.37. The van der Waals surface area contributed by atoms with Crippen LogP contribution in [0.2, 0.25) is 5.02 Å². The molecule has 0 aliphatic carbocycles. The number of hydrogen-bond donors (Lipinski definition) is 2. The lowest BCUT2D eigenvalue weighted by atomic mass is 10.1. The van der Waals surface area contributed by atoms with Gasteiger partial charge in [0.05, 0.1) is 28.1 Å². The number of halogens is 2. The Bertz CT molecular complexity index is 967. The van der Waals surface area contributed by atoms with E-state index >= 15 is 0 Å². The van der Waals surface area contributed by atoms with Crippen molar-refractivity contribution in [3.8, 4) is 0 Å². The van der Waals surface area contributed by atoms with Gasteiger partial charge in [-0.1, -0.05) is 18.5 Å². The van der Waals surface area contributed by atoms with Gasteiger partial charge in [-0.25, -0.2) is 0 Å². The molecule has 0 spiro atoms. The monoisotopic (exact) mass is 409 g/mol. The van der Waals surface area contributed by atoms with Crippen LogP contribution in [0.3, 0.4) is 0 Å². The lowest BCUT2D eigenvalue weighted by molar-refractivity contribution is 0.0995. The summed E-state index contributed by atoms with van der Waals surface area (Å²) >= 11 is 7.71. The van der Waals surface area contributed by atoms with Crippen molar-refractivity contribution in [3.05, 3.63) is 46.9 Å². The number of pyridine rings is 1. The fourth-order valence-electron chi connectivity index (χ4n) is 2.52. The first-order valence-corrected chi connectivity index (χ1v) is 8.97. The minimum absolute atomic E-state index is 0. The largest absolute Gasteiger partial charge is 0.364 e. The molecular weight excluding hydrogens is 393 g/mol. The van der Waals surface area contributed by atoms with Crippen LogP contribution in [0.5, 0.6) is 0 Å². The maximum absolute atomic E-state index is 11.9. The maximum Gasteiger partial charge on any atom is 0.271 e. The Morgan fingerprint density at radius 1 is 1.27 bits per heavy atom. The number of fused-ring (bicyclic) bond motifs is 1. The number of rotatable bonds is 5. The highest BCUT2D eigenvalue weighted by Gasteiger charge is 2.17. The number of nitrogens with one attached hydrogen (secondary N) is 1. The van der Waals surface area contributed by atoms with Gasteiger partial charge in [-0.15, -0.1) is 34.4 Å². The minimum Gasteiger partial charge on any atom is -0.364 e. The third-order valence-corrected chi connectivity index (χ3v) is 4.61. The van der Waals surface area contributed by atoms with Crippen molar-refractivity contribution in [2.24, 2.45) is 5.73 Å². The predicted molar refractivity (Wildman–Crippen MR) is 109 cm³/mol. The summed E-state index contributed by atoms with van der Waals surface area (Å²) in [6.45, 7) is 4.05. The fraction of sp³-hybridized carbons (Fsp3) is 0.176. The van der Waals surface area contributed by atoms with E-state index in [4.69, 9.17) is 17.3 Å². The molecule has 6 nitrogen and oxygen atoms in total. The van der Waals surface area contributed by atoms with Gasteiger partial charge in [-0.2, -0.15) is 0 Å². The summed E-state index contributed by atoms with van der Waals surface area (Å²) in [7, 11) is 0. The minimum atomic E-state index is -0.655. The van der Waals surface area contributed by atoms with E-state index in [2.05, 4.69) is 33.5 Å². The molecule has 0 bridgehead atoms. The highest BCUT2D eigenvalue weighted by Crippen LogP contribution is 2.33. The van der Waals surface area contributed by atoms with Gasteiger partial charge in [0, 0.05) is 16.5 Å². The SMILES string of the molecule is CCSc1cc(C)c2nnc(C(N)=O)c(Nc3cncc(Cl)c3)c2c1.Cl. The molecule has 3 aromatic rings. The average molecular weight is 410 g/mol. The number of benzene rings is 1. The zero-order valence-corrected chi connectivity index (χ0v) is 16.5.